The van der Waals surface area contributed by atoms with E-state index in [1.807, 2.05) is 0 Å². The molecule has 1 aliphatic carbocycles. The third-order valence-corrected chi connectivity index (χ3v) is 5.66. The van der Waals surface area contributed by atoms with Gasteiger partial charge in [-0.25, -0.2) is 4.98 Å². The number of aromatic nitrogens is 1. The van der Waals surface area contributed by atoms with Gasteiger partial charge in [-0.3, -0.25) is 0 Å². The quantitative estimate of drug-likeness (QED) is 0.917. The first kappa shape index (κ1) is 14.8. The first-order valence-corrected chi connectivity index (χ1v) is 8.20. The molecular weight excluding hydrogens is 254 g/mol. The van der Waals surface area contributed by atoms with Crippen molar-refractivity contribution in [1.29, 1.82) is 0 Å². The predicted octanol–water partition coefficient (Wildman–Crippen LogP) is 3.57. The van der Waals surface area contributed by atoms with Crippen LogP contribution in [0.2, 0.25) is 0 Å². The number of hydrogen-bond acceptors (Lipinski definition) is 4. The molecular formula is C15H27N3S. The molecule has 1 fully saturated rings. The van der Waals surface area contributed by atoms with Crippen LogP contribution in [0.15, 0.2) is 0 Å². The number of nitrogens with two attached hydrogens (primary N) is 1. The molecule has 0 spiro atoms. The van der Waals surface area contributed by atoms with Crippen LogP contribution in [-0.2, 0) is 13.0 Å². The van der Waals surface area contributed by atoms with Crippen LogP contribution in [-0.4, -0.2) is 18.1 Å². The maximum absolute atomic E-state index is 5.81. The fourth-order valence-electron chi connectivity index (χ4n) is 2.88. The van der Waals surface area contributed by atoms with E-state index in [9.17, 15) is 0 Å². The van der Waals surface area contributed by atoms with Gasteiger partial charge in [-0.05, 0) is 37.5 Å². The number of thiazole rings is 1. The average molecular weight is 281 g/mol. The first-order valence-electron chi connectivity index (χ1n) is 7.38. The summed E-state index contributed by atoms with van der Waals surface area (Å²) in [7, 11) is 2.20. The van der Waals surface area contributed by atoms with E-state index in [4.69, 9.17) is 10.7 Å². The van der Waals surface area contributed by atoms with Crippen molar-refractivity contribution in [3.05, 3.63) is 10.6 Å². The van der Waals surface area contributed by atoms with Crippen molar-refractivity contribution in [3.63, 3.8) is 0 Å². The highest BCUT2D eigenvalue weighted by Crippen LogP contribution is 2.38. The minimum atomic E-state index is 0.525. The van der Waals surface area contributed by atoms with Gasteiger partial charge in [0.15, 0.2) is 5.13 Å². The second kappa shape index (κ2) is 5.80. The van der Waals surface area contributed by atoms with E-state index in [0.717, 1.165) is 11.6 Å². The lowest BCUT2D eigenvalue weighted by molar-refractivity contribution is 0.222. The van der Waals surface area contributed by atoms with Crippen LogP contribution < -0.4 is 10.6 Å². The molecule has 3 nitrogen and oxygen atoms in total. The van der Waals surface area contributed by atoms with Gasteiger partial charge in [-0.15, -0.1) is 11.3 Å². The Kier molecular flexibility index (Phi) is 4.51. The van der Waals surface area contributed by atoms with Gasteiger partial charge >= 0.3 is 0 Å². The molecule has 1 aromatic rings. The van der Waals surface area contributed by atoms with Gasteiger partial charge in [-0.2, -0.15) is 0 Å². The standard InChI is InChI=1S/C15H27N3S/c1-5-12-13(10-16)19-14(17-12)18(4)11-6-8-15(2,3)9-7-11/h11H,5-10,16H2,1-4H3. The number of nitrogens with zero attached hydrogens (tertiary/aromatic N) is 2. The van der Waals surface area contributed by atoms with Gasteiger partial charge in [0.2, 0.25) is 0 Å². The fourth-order valence-corrected chi connectivity index (χ4v) is 3.94. The Morgan fingerprint density at radius 2 is 2.00 bits per heavy atom. The summed E-state index contributed by atoms with van der Waals surface area (Å²) in [5, 5.41) is 1.15. The Labute approximate surface area is 121 Å². The van der Waals surface area contributed by atoms with E-state index in [1.165, 1.54) is 36.3 Å². The average Bonchev–Trinajstić information content (AvgIpc) is 2.81. The smallest absolute Gasteiger partial charge is 0.185 e. The highest BCUT2D eigenvalue weighted by Gasteiger charge is 2.30. The highest BCUT2D eigenvalue weighted by atomic mass is 32.1. The highest BCUT2D eigenvalue weighted by molar-refractivity contribution is 7.15. The van der Waals surface area contributed by atoms with Crippen molar-refractivity contribution in [2.75, 3.05) is 11.9 Å². The van der Waals surface area contributed by atoms with Crippen LogP contribution in [0.4, 0.5) is 5.13 Å². The fraction of sp³-hybridized carbons (Fsp3) is 0.800. The van der Waals surface area contributed by atoms with Gasteiger partial charge in [0.1, 0.15) is 0 Å². The Balaban J connectivity index is 2.07. The minimum absolute atomic E-state index is 0.525. The van der Waals surface area contributed by atoms with Crippen LogP contribution >= 0.6 is 11.3 Å². The van der Waals surface area contributed by atoms with E-state index >= 15 is 0 Å². The molecule has 1 aliphatic rings. The molecule has 0 bridgehead atoms. The first-order chi connectivity index (χ1) is 8.96. The molecule has 2 rings (SSSR count). The lowest BCUT2D eigenvalue weighted by Gasteiger charge is -2.38. The summed E-state index contributed by atoms with van der Waals surface area (Å²) in [6, 6.07) is 0.648. The van der Waals surface area contributed by atoms with E-state index in [-0.39, 0.29) is 0 Å². The molecule has 2 N–H and O–H groups in total. The van der Waals surface area contributed by atoms with E-state index in [1.54, 1.807) is 11.3 Å². The lowest BCUT2D eigenvalue weighted by Crippen LogP contribution is -2.37. The third-order valence-electron chi connectivity index (χ3n) is 4.45. The van der Waals surface area contributed by atoms with Crippen molar-refractivity contribution < 1.29 is 0 Å². The van der Waals surface area contributed by atoms with Crippen molar-refractivity contribution in [2.24, 2.45) is 11.1 Å². The molecule has 0 radical (unpaired) electrons. The summed E-state index contributed by atoms with van der Waals surface area (Å²) in [4.78, 5) is 8.41. The summed E-state index contributed by atoms with van der Waals surface area (Å²) >= 11 is 1.78. The molecule has 0 aliphatic heterocycles. The number of hydrogen-bond donors (Lipinski definition) is 1. The van der Waals surface area contributed by atoms with Gasteiger partial charge in [0.25, 0.3) is 0 Å². The van der Waals surface area contributed by atoms with Gasteiger partial charge in [0.05, 0.1) is 5.69 Å². The Morgan fingerprint density at radius 3 is 2.47 bits per heavy atom. The van der Waals surface area contributed by atoms with Gasteiger partial charge < -0.3 is 10.6 Å². The molecule has 19 heavy (non-hydrogen) atoms. The number of anilines is 1. The zero-order valence-corrected chi connectivity index (χ0v) is 13.5. The molecule has 4 heteroatoms. The van der Waals surface area contributed by atoms with Gasteiger partial charge in [-0.1, -0.05) is 20.8 Å². The van der Waals surface area contributed by atoms with Crippen molar-refractivity contribution in [2.45, 2.75) is 65.5 Å². The normalized spacial score (nSPS) is 19.6. The molecule has 0 aromatic carbocycles. The molecule has 0 amide bonds. The topological polar surface area (TPSA) is 42.2 Å². The summed E-state index contributed by atoms with van der Waals surface area (Å²) in [6.07, 6.45) is 6.18. The molecule has 1 heterocycles. The van der Waals surface area contributed by atoms with Crippen LogP contribution in [0.5, 0.6) is 0 Å². The Morgan fingerprint density at radius 1 is 1.37 bits per heavy atom. The summed E-state index contributed by atoms with van der Waals surface area (Å²) in [5.74, 6) is 0. The molecule has 1 saturated carbocycles. The molecule has 1 aromatic heterocycles. The lowest BCUT2D eigenvalue weighted by atomic mass is 9.75. The summed E-state index contributed by atoms with van der Waals surface area (Å²) in [6.45, 7) is 7.54. The zero-order valence-electron chi connectivity index (χ0n) is 12.7. The monoisotopic (exact) mass is 281 g/mol. The van der Waals surface area contributed by atoms with Gasteiger partial charge in [0, 0.05) is 24.5 Å². The van der Waals surface area contributed by atoms with Crippen LogP contribution in [0.3, 0.4) is 0 Å². The summed E-state index contributed by atoms with van der Waals surface area (Å²) < 4.78 is 0. The van der Waals surface area contributed by atoms with E-state index < -0.39 is 0 Å². The maximum atomic E-state index is 5.81. The van der Waals surface area contributed by atoms with E-state index in [0.29, 0.717) is 18.0 Å². The summed E-state index contributed by atoms with van der Waals surface area (Å²) in [5.41, 5.74) is 7.52. The van der Waals surface area contributed by atoms with Crippen LogP contribution in [0.25, 0.3) is 0 Å². The molecule has 0 saturated heterocycles. The molecule has 0 atom stereocenters. The van der Waals surface area contributed by atoms with E-state index in [2.05, 4.69) is 32.7 Å². The SMILES string of the molecule is CCc1nc(N(C)C2CCC(C)(C)CC2)sc1CN. The largest absolute Gasteiger partial charge is 0.348 e. The maximum Gasteiger partial charge on any atom is 0.185 e. The Bertz CT molecular complexity index is 394. The molecule has 0 unspecified atom stereocenters. The van der Waals surface area contributed by atoms with Crippen LogP contribution in [0.1, 0.15) is 57.0 Å². The van der Waals surface area contributed by atoms with Crippen molar-refractivity contribution >= 4 is 16.5 Å². The number of rotatable bonds is 4. The van der Waals surface area contributed by atoms with Crippen molar-refractivity contribution in [1.82, 2.24) is 4.98 Å². The predicted molar refractivity (Wildman–Crippen MR) is 83.8 cm³/mol. The number of aryl methyl sites for hydroxylation is 1. The van der Waals surface area contributed by atoms with Crippen molar-refractivity contribution in [3.8, 4) is 0 Å². The molecule has 108 valence electrons. The van der Waals surface area contributed by atoms with Crippen LogP contribution in [0, 0.1) is 5.41 Å². The second-order valence-electron chi connectivity index (χ2n) is 6.43. The third kappa shape index (κ3) is 3.29. The minimum Gasteiger partial charge on any atom is -0.348 e. The second-order valence-corrected chi connectivity index (χ2v) is 7.49. The Hall–Kier alpha value is -0.610. The zero-order chi connectivity index (χ0) is 14.0.